The maximum atomic E-state index is 12.9. The number of pyridine rings is 1. The molecule has 1 aromatic heterocycles. The normalized spacial score (nSPS) is 10.2. The molecule has 5 nitrogen and oxygen atoms in total. The fourth-order valence-corrected chi connectivity index (χ4v) is 2.21. The van der Waals surface area contributed by atoms with Crippen LogP contribution in [0.1, 0.15) is 10.4 Å². The van der Waals surface area contributed by atoms with Crippen LogP contribution in [0.3, 0.4) is 0 Å². The number of benzene rings is 2. The van der Waals surface area contributed by atoms with Gasteiger partial charge in [0.15, 0.2) is 0 Å². The van der Waals surface area contributed by atoms with E-state index in [1.165, 1.54) is 30.5 Å². The van der Waals surface area contributed by atoms with Gasteiger partial charge < -0.3 is 15.4 Å². The van der Waals surface area contributed by atoms with Gasteiger partial charge in [-0.15, -0.1) is 0 Å². The molecule has 0 aliphatic rings. The van der Waals surface area contributed by atoms with E-state index < -0.39 is 0 Å². The lowest BCUT2D eigenvalue weighted by Crippen LogP contribution is -2.12. The molecule has 3 aromatic rings. The zero-order chi connectivity index (χ0) is 17.6. The quantitative estimate of drug-likeness (QED) is 0.731. The van der Waals surface area contributed by atoms with Crippen LogP contribution in [0, 0.1) is 5.82 Å². The molecule has 25 heavy (non-hydrogen) atoms. The van der Waals surface area contributed by atoms with Crippen molar-refractivity contribution in [3.63, 3.8) is 0 Å². The lowest BCUT2D eigenvalue weighted by atomic mass is 10.2. The van der Waals surface area contributed by atoms with Crippen molar-refractivity contribution in [1.29, 1.82) is 0 Å². The van der Waals surface area contributed by atoms with E-state index in [2.05, 4.69) is 15.6 Å². The Bertz CT molecular complexity index is 865. The Balaban J connectivity index is 1.71. The van der Waals surface area contributed by atoms with E-state index in [0.717, 1.165) is 11.4 Å². The van der Waals surface area contributed by atoms with Gasteiger partial charge in [-0.2, -0.15) is 0 Å². The van der Waals surface area contributed by atoms with Crippen LogP contribution in [-0.2, 0) is 0 Å². The molecule has 1 amide bonds. The number of aromatic nitrogens is 1. The SMILES string of the molecule is COc1ccc(Nc2cncc(C(=O)Nc3ccc(F)cc3)c2)cc1. The minimum Gasteiger partial charge on any atom is -0.497 e. The molecule has 0 saturated heterocycles. The predicted octanol–water partition coefficient (Wildman–Crippen LogP) is 4.23. The molecule has 3 rings (SSSR count). The van der Waals surface area contributed by atoms with Crippen LogP contribution >= 0.6 is 0 Å². The highest BCUT2D eigenvalue weighted by Gasteiger charge is 2.08. The van der Waals surface area contributed by atoms with E-state index >= 15 is 0 Å². The van der Waals surface area contributed by atoms with Gasteiger partial charge in [0.2, 0.25) is 0 Å². The number of carbonyl (C=O) groups is 1. The van der Waals surface area contributed by atoms with Crippen LogP contribution in [0.15, 0.2) is 67.0 Å². The Morgan fingerprint density at radius 1 is 0.960 bits per heavy atom. The molecule has 0 unspecified atom stereocenters. The summed E-state index contributed by atoms with van der Waals surface area (Å²) in [5.74, 6) is 0.0824. The zero-order valence-electron chi connectivity index (χ0n) is 13.5. The van der Waals surface area contributed by atoms with Gasteiger partial charge >= 0.3 is 0 Å². The average molecular weight is 337 g/mol. The minimum absolute atomic E-state index is 0.322. The number of amides is 1. The molecule has 0 fully saturated rings. The van der Waals surface area contributed by atoms with Gasteiger partial charge in [-0.05, 0) is 54.6 Å². The Morgan fingerprint density at radius 2 is 1.64 bits per heavy atom. The second kappa shape index (κ2) is 7.44. The number of nitrogens with one attached hydrogen (secondary N) is 2. The average Bonchev–Trinajstić information content (AvgIpc) is 2.64. The number of methoxy groups -OCH3 is 1. The number of hydrogen-bond donors (Lipinski definition) is 2. The van der Waals surface area contributed by atoms with Crippen molar-refractivity contribution in [3.05, 3.63) is 78.4 Å². The van der Waals surface area contributed by atoms with Crippen LogP contribution in [0.5, 0.6) is 5.75 Å². The molecular formula is C19H16FN3O2. The number of hydrogen-bond acceptors (Lipinski definition) is 4. The summed E-state index contributed by atoms with van der Waals surface area (Å²) >= 11 is 0. The van der Waals surface area contributed by atoms with Crippen molar-refractivity contribution in [1.82, 2.24) is 4.98 Å². The molecule has 0 aliphatic heterocycles. The van der Waals surface area contributed by atoms with E-state index in [0.29, 0.717) is 16.9 Å². The van der Waals surface area contributed by atoms with Crippen LogP contribution in [-0.4, -0.2) is 18.0 Å². The molecule has 0 saturated carbocycles. The van der Waals surface area contributed by atoms with Crippen molar-refractivity contribution in [2.24, 2.45) is 0 Å². The fourth-order valence-electron chi connectivity index (χ4n) is 2.21. The fraction of sp³-hybridized carbons (Fsp3) is 0.0526. The van der Waals surface area contributed by atoms with Crippen LogP contribution in [0.2, 0.25) is 0 Å². The lowest BCUT2D eigenvalue weighted by Gasteiger charge is -2.09. The van der Waals surface area contributed by atoms with Gasteiger partial charge in [-0.1, -0.05) is 0 Å². The van der Waals surface area contributed by atoms with Gasteiger partial charge in [-0.25, -0.2) is 4.39 Å². The first-order valence-electron chi connectivity index (χ1n) is 7.57. The van der Waals surface area contributed by atoms with Crippen LogP contribution in [0.4, 0.5) is 21.5 Å². The van der Waals surface area contributed by atoms with E-state index in [1.54, 1.807) is 19.4 Å². The summed E-state index contributed by atoms with van der Waals surface area (Å²) in [6.45, 7) is 0. The molecule has 0 aliphatic carbocycles. The maximum absolute atomic E-state index is 12.9. The van der Waals surface area contributed by atoms with Crippen LogP contribution < -0.4 is 15.4 Å². The smallest absolute Gasteiger partial charge is 0.257 e. The minimum atomic E-state index is -0.356. The van der Waals surface area contributed by atoms with E-state index in [4.69, 9.17) is 4.74 Å². The Kier molecular flexibility index (Phi) is 4.89. The second-order valence-corrected chi connectivity index (χ2v) is 5.28. The summed E-state index contributed by atoms with van der Waals surface area (Å²) in [5.41, 5.74) is 2.43. The third-order valence-electron chi connectivity index (χ3n) is 3.48. The number of ether oxygens (including phenoxy) is 1. The summed E-state index contributed by atoms with van der Waals surface area (Å²) < 4.78 is 18.0. The highest BCUT2D eigenvalue weighted by atomic mass is 19.1. The molecule has 0 radical (unpaired) electrons. The summed E-state index contributed by atoms with van der Waals surface area (Å²) in [4.78, 5) is 16.4. The van der Waals surface area contributed by atoms with E-state index in [1.807, 2.05) is 24.3 Å². The first kappa shape index (κ1) is 16.4. The summed E-state index contributed by atoms with van der Waals surface area (Å²) in [6.07, 6.45) is 3.09. The molecule has 6 heteroatoms. The predicted molar refractivity (Wildman–Crippen MR) is 94.9 cm³/mol. The number of anilines is 3. The van der Waals surface area contributed by atoms with Crippen molar-refractivity contribution in [3.8, 4) is 5.75 Å². The molecule has 1 heterocycles. The summed E-state index contributed by atoms with van der Waals surface area (Å²) in [5, 5.41) is 5.88. The Labute approximate surface area is 144 Å². The molecule has 2 aromatic carbocycles. The number of halogens is 1. The van der Waals surface area contributed by atoms with Gasteiger partial charge in [0.1, 0.15) is 11.6 Å². The standard InChI is InChI=1S/C19H16FN3O2/c1-25-18-8-6-15(7-9-18)22-17-10-13(11-21-12-17)19(24)23-16-4-2-14(20)3-5-16/h2-12,22H,1H3,(H,23,24). The Hall–Kier alpha value is -3.41. The molecule has 0 atom stereocenters. The number of rotatable bonds is 5. The van der Waals surface area contributed by atoms with E-state index in [-0.39, 0.29) is 11.7 Å². The van der Waals surface area contributed by atoms with Gasteiger partial charge in [0.25, 0.3) is 5.91 Å². The largest absolute Gasteiger partial charge is 0.497 e. The summed E-state index contributed by atoms with van der Waals surface area (Å²) in [6, 6.07) is 14.7. The highest BCUT2D eigenvalue weighted by molar-refractivity contribution is 6.04. The third-order valence-corrected chi connectivity index (χ3v) is 3.48. The van der Waals surface area contributed by atoms with Crippen molar-refractivity contribution < 1.29 is 13.9 Å². The first-order chi connectivity index (χ1) is 12.1. The number of nitrogens with zero attached hydrogens (tertiary/aromatic N) is 1. The monoisotopic (exact) mass is 337 g/mol. The third kappa shape index (κ3) is 4.32. The topological polar surface area (TPSA) is 63.2 Å². The van der Waals surface area contributed by atoms with E-state index in [9.17, 15) is 9.18 Å². The van der Waals surface area contributed by atoms with Crippen molar-refractivity contribution in [2.45, 2.75) is 0 Å². The first-order valence-corrected chi connectivity index (χ1v) is 7.57. The summed E-state index contributed by atoms with van der Waals surface area (Å²) in [7, 11) is 1.61. The van der Waals surface area contributed by atoms with Gasteiger partial charge in [-0.3, -0.25) is 9.78 Å². The molecule has 126 valence electrons. The van der Waals surface area contributed by atoms with Crippen molar-refractivity contribution in [2.75, 3.05) is 17.7 Å². The maximum Gasteiger partial charge on any atom is 0.257 e. The molecule has 0 bridgehead atoms. The van der Waals surface area contributed by atoms with Crippen LogP contribution in [0.25, 0.3) is 0 Å². The molecular weight excluding hydrogens is 321 g/mol. The highest BCUT2D eigenvalue weighted by Crippen LogP contribution is 2.20. The van der Waals surface area contributed by atoms with Gasteiger partial charge in [0, 0.05) is 17.6 Å². The Morgan fingerprint density at radius 3 is 2.32 bits per heavy atom. The zero-order valence-corrected chi connectivity index (χ0v) is 13.5. The molecule has 0 spiro atoms. The number of carbonyl (C=O) groups excluding carboxylic acids is 1. The second-order valence-electron chi connectivity index (χ2n) is 5.28. The van der Waals surface area contributed by atoms with Crippen molar-refractivity contribution >= 4 is 23.0 Å². The van der Waals surface area contributed by atoms with Gasteiger partial charge in [0.05, 0.1) is 24.6 Å². The lowest BCUT2D eigenvalue weighted by molar-refractivity contribution is 0.102. The molecule has 2 N–H and O–H groups in total.